The molecule has 0 bridgehead atoms. The van der Waals surface area contributed by atoms with Crippen molar-refractivity contribution in [2.75, 3.05) is 26.2 Å². The quantitative estimate of drug-likeness (QED) is 0.922. The Hall–Kier alpha value is -2.09. The fourth-order valence-corrected chi connectivity index (χ4v) is 3.10. The molecule has 0 saturated carbocycles. The summed E-state index contributed by atoms with van der Waals surface area (Å²) in [5.41, 5.74) is 0. The van der Waals surface area contributed by atoms with Gasteiger partial charge >= 0.3 is 0 Å². The lowest BCUT2D eigenvalue weighted by Gasteiger charge is -2.30. The first-order valence-electron chi connectivity index (χ1n) is 8.17. The molecule has 1 fully saturated rings. The van der Waals surface area contributed by atoms with E-state index in [1.165, 1.54) is 0 Å². The molecule has 1 atom stereocenters. The minimum absolute atomic E-state index is 0.176. The minimum atomic E-state index is -0.521. The number of aliphatic hydroxyl groups excluding tert-OH is 1. The molecule has 1 unspecified atom stereocenters. The normalized spacial score (nSPS) is 17.7. The molecule has 0 spiro atoms. The number of ether oxygens (including phenoxy) is 1. The van der Waals surface area contributed by atoms with Crippen LogP contribution in [0.1, 0.15) is 12.8 Å². The van der Waals surface area contributed by atoms with Crippen LogP contribution in [0.15, 0.2) is 42.5 Å². The van der Waals surface area contributed by atoms with Gasteiger partial charge in [-0.15, -0.1) is 0 Å². The second-order valence-corrected chi connectivity index (χ2v) is 6.15. The van der Waals surface area contributed by atoms with Gasteiger partial charge in [-0.05, 0) is 37.4 Å². The van der Waals surface area contributed by atoms with Crippen molar-refractivity contribution < 1.29 is 9.84 Å². The molecule has 1 aliphatic rings. The summed E-state index contributed by atoms with van der Waals surface area (Å²) < 4.78 is 5.84. The maximum atomic E-state index is 10.2. The summed E-state index contributed by atoms with van der Waals surface area (Å²) in [5.74, 6) is 0.987. The van der Waals surface area contributed by atoms with E-state index < -0.39 is 6.10 Å². The monoisotopic (exact) mass is 310 g/mol. The number of β-amino-alcohol motifs (C(OH)–C–C–N with tert-alkyl or cyclic N) is 1. The number of nitriles is 1. The van der Waals surface area contributed by atoms with Crippen molar-refractivity contribution in [3.63, 3.8) is 0 Å². The lowest BCUT2D eigenvalue weighted by Crippen LogP contribution is -2.40. The molecule has 4 heteroatoms. The third-order valence-electron chi connectivity index (χ3n) is 4.42. The van der Waals surface area contributed by atoms with E-state index in [4.69, 9.17) is 10.00 Å². The fourth-order valence-electron chi connectivity index (χ4n) is 3.10. The van der Waals surface area contributed by atoms with Crippen molar-refractivity contribution in [1.82, 2.24) is 4.90 Å². The van der Waals surface area contributed by atoms with E-state index in [1.807, 2.05) is 30.3 Å². The third-order valence-corrected chi connectivity index (χ3v) is 4.42. The summed E-state index contributed by atoms with van der Waals surface area (Å²) in [5, 5.41) is 21.3. The van der Waals surface area contributed by atoms with Gasteiger partial charge in [0, 0.05) is 17.8 Å². The highest BCUT2D eigenvalue weighted by atomic mass is 16.5. The molecular weight excluding hydrogens is 288 g/mol. The molecule has 1 N–H and O–H groups in total. The molecule has 1 aliphatic heterocycles. The predicted octanol–water partition coefficient (Wildman–Crippen LogP) is 2.82. The molecule has 3 rings (SSSR count). The topological polar surface area (TPSA) is 56.5 Å². The number of aliphatic hydroxyl groups is 1. The van der Waals surface area contributed by atoms with Gasteiger partial charge in [0.25, 0.3) is 0 Å². The highest BCUT2D eigenvalue weighted by Crippen LogP contribution is 2.25. The number of nitrogens with zero attached hydrogens (tertiary/aromatic N) is 2. The van der Waals surface area contributed by atoms with Crippen molar-refractivity contribution >= 4 is 10.8 Å². The fraction of sp³-hybridized carbons (Fsp3) is 0.421. The van der Waals surface area contributed by atoms with E-state index in [9.17, 15) is 5.11 Å². The van der Waals surface area contributed by atoms with Gasteiger partial charge in [-0.1, -0.05) is 36.4 Å². The van der Waals surface area contributed by atoms with E-state index in [0.29, 0.717) is 6.54 Å². The Morgan fingerprint density at radius 2 is 1.91 bits per heavy atom. The van der Waals surface area contributed by atoms with E-state index in [-0.39, 0.29) is 12.5 Å². The number of rotatable bonds is 5. The predicted molar refractivity (Wildman–Crippen MR) is 90.2 cm³/mol. The highest BCUT2D eigenvalue weighted by Gasteiger charge is 2.20. The number of hydrogen-bond acceptors (Lipinski definition) is 4. The van der Waals surface area contributed by atoms with Crippen molar-refractivity contribution in [3.05, 3.63) is 42.5 Å². The smallest absolute Gasteiger partial charge is 0.127 e. The van der Waals surface area contributed by atoms with Crippen LogP contribution in [0.5, 0.6) is 5.75 Å². The van der Waals surface area contributed by atoms with E-state index in [0.717, 1.165) is 42.5 Å². The van der Waals surface area contributed by atoms with Crippen molar-refractivity contribution in [1.29, 1.82) is 5.26 Å². The van der Waals surface area contributed by atoms with E-state index in [1.54, 1.807) is 0 Å². The van der Waals surface area contributed by atoms with Gasteiger partial charge < -0.3 is 14.7 Å². The number of fused-ring (bicyclic) bond motifs is 1. The van der Waals surface area contributed by atoms with Crippen molar-refractivity contribution in [2.45, 2.75) is 18.9 Å². The van der Waals surface area contributed by atoms with Gasteiger partial charge in [-0.3, -0.25) is 0 Å². The van der Waals surface area contributed by atoms with Crippen LogP contribution in [0.4, 0.5) is 0 Å². The largest absolute Gasteiger partial charge is 0.490 e. The Balaban J connectivity index is 1.53. The average Bonchev–Trinajstić information content (AvgIpc) is 2.60. The summed E-state index contributed by atoms with van der Waals surface area (Å²) in [4.78, 5) is 2.21. The van der Waals surface area contributed by atoms with Gasteiger partial charge in [0.05, 0.1) is 6.07 Å². The zero-order valence-corrected chi connectivity index (χ0v) is 13.2. The number of likely N-dealkylation sites (tertiary alicyclic amines) is 1. The van der Waals surface area contributed by atoms with Crippen LogP contribution in [-0.2, 0) is 0 Å². The van der Waals surface area contributed by atoms with Crippen LogP contribution in [-0.4, -0.2) is 42.4 Å². The molecule has 2 aromatic rings. The zero-order chi connectivity index (χ0) is 16.1. The molecule has 1 saturated heterocycles. The van der Waals surface area contributed by atoms with Crippen LogP contribution >= 0.6 is 0 Å². The molecule has 120 valence electrons. The van der Waals surface area contributed by atoms with Crippen LogP contribution < -0.4 is 4.74 Å². The van der Waals surface area contributed by atoms with E-state index in [2.05, 4.69) is 23.1 Å². The molecule has 0 aromatic heterocycles. The SMILES string of the molecule is N#CC1CCN(CC(O)COc2cccc3ccccc23)CC1. The molecule has 0 radical (unpaired) electrons. The Morgan fingerprint density at radius 1 is 1.17 bits per heavy atom. The first-order chi connectivity index (χ1) is 11.3. The van der Waals surface area contributed by atoms with Crippen LogP contribution in [0, 0.1) is 17.2 Å². The second-order valence-electron chi connectivity index (χ2n) is 6.15. The van der Waals surface area contributed by atoms with Crippen molar-refractivity contribution in [3.8, 4) is 11.8 Å². The van der Waals surface area contributed by atoms with Gasteiger partial charge in [0.1, 0.15) is 18.5 Å². The molecule has 1 heterocycles. The molecule has 23 heavy (non-hydrogen) atoms. The van der Waals surface area contributed by atoms with Gasteiger partial charge in [0.15, 0.2) is 0 Å². The lowest BCUT2D eigenvalue weighted by molar-refractivity contribution is 0.0588. The van der Waals surface area contributed by atoms with Crippen LogP contribution in [0.2, 0.25) is 0 Å². The number of hydrogen-bond donors (Lipinski definition) is 1. The minimum Gasteiger partial charge on any atom is -0.490 e. The summed E-state index contributed by atoms with van der Waals surface area (Å²) >= 11 is 0. The first-order valence-corrected chi connectivity index (χ1v) is 8.17. The third kappa shape index (κ3) is 4.01. The highest BCUT2D eigenvalue weighted by molar-refractivity contribution is 5.88. The molecule has 0 amide bonds. The number of benzene rings is 2. The van der Waals surface area contributed by atoms with Gasteiger partial charge in [0.2, 0.25) is 0 Å². The second kappa shape index (κ2) is 7.45. The maximum absolute atomic E-state index is 10.2. The van der Waals surface area contributed by atoms with E-state index >= 15 is 0 Å². The van der Waals surface area contributed by atoms with Crippen LogP contribution in [0.25, 0.3) is 10.8 Å². The Kier molecular flexibility index (Phi) is 5.12. The zero-order valence-electron chi connectivity index (χ0n) is 13.2. The standard InChI is InChI=1S/C19H22N2O2/c20-12-15-8-10-21(11-9-15)13-17(22)14-23-19-7-3-5-16-4-1-2-6-18(16)19/h1-7,15,17,22H,8-11,13-14H2. The molecule has 0 aliphatic carbocycles. The molecule has 2 aromatic carbocycles. The maximum Gasteiger partial charge on any atom is 0.127 e. The Morgan fingerprint density at radius 3 is 2.70 bits per heavy atom. The van der Waals surface area contributed by atoms with Crippen LogP contribution in [0.3, 0.4) is 0 Å². The molecular formula is C19H22N2O2. The summed E-state index contributed by atoms with van der Waals surface area (Å²) in [6.45, 7) is 2.64. The summed E-state index contributed by atoms with van der Waals surface area (Å²) in [6, 6.07) is 16.4. The van der Waals surface area contributed by atoms with Crippen molar-refractivity contribution in [2.24, 2.45) is 5.92 Å². The Labute approximate surface area is 136 Å². The van der Waals surface area contributed by atoms with Gasteiger partial charge in [-0.25, -0.2) is 0 Å². The lowest BCUT2D eigenvalue weighted by atomic mass is 9.98. The summed E-state index contributed by atoms with van der Waals surface area (Å²) in [7, 11) is 0. The molecule has 4 nitrogen and oxygen atoms in total. The first kappa shape index (κ1) is 15.8. The number of piperidine rings is 1. The summed E-state index contributed by atoms with van der Waals surface area (Å²) in [6.07, 6.45) is 1.27. The Bertz CT molecular complexity index is 682. The average molecular weight is 310 g/mol. The van der Waals surface area contributed by atoms with Gasteiger partial charge in [-0.2, -0.15) is 5.26 Å².